The van der Waals surface area contributed by atoms with Crippen molar-refractivity contribution in [3.63, 3.8) is 0 Å². The highest BCUT2D eigenvalue weighted by atomic mass is 32.2. The zero-order valence-corrected chi connectivity index (χ0v) is 16.8. The second-order valence-electron chi connectivity index (χ2n) is 6.17. The largest absolute Gasteiger partial charge is 0.468 e. The second-order valence-corrected chi connectivity index (χ2v) is 10.3. The van der Waals surface area contributed by atoms with E-state index in [9.17, 15) is 21.6 Å². The number of rotatable bonds is 5. The summed E-state index contributed by atoms with van der Waals surface area (Å²) in [4.78, 5) is 17.5. The van der Waals surface area contributed by atoms with Crippen LogP contribution < -0.4 is 0 Å². The minimum atomic E-state index is -4.26. The lowest BCUT2D eigenvalue weighted by molar-refractivity contribution is -0.163. The molecule has 0 spiro atoms. The van der Waals surface area contributed by atoms with E-state index in [2.05, 4.69) is 0 Å². The summed E-state index contributed by atoms with van der Waals surface area (Å²) in [5.74, 6) is -0.905. The quantitative estimate of drug-likeness (QED) is 0.654. The van der Waals surface area contributed by atoms with Gasteiger partial charge in [0, 0.05) is 7.05 Å². The molecule has 0 bridgehead atoms. The molecule has 3 rings (SSSR count). The van der Waals surface area contributed by atoms with Gasteiger partial charge in [0.1, 0.15) is 5.25 Å². The maximum Gasteiger partial charge on any atom is 0.326 e. The molecule has 0 amide bonds. The first kappa shape index (κ1) is 20.5. The highest BCUT2D eigenvalue weighted by Gasteiger charge is 2.58. The molecule has 28 heavy (non-hydrogen) atoms. The molecule has 150 valence electrons. The molecule has 0 N–H and O–H groups in total. The van der Waals surface area contributed by atoms with E-state index in [0.29, 0.717) is 0 Å². The van der Waals surface area contributed by atoms with Gasteiger partial charge in [-0.15, -0.1) is 0 Å². The number of nitrogens with zero attached hydrogens (tertiary/aromatic N) is 1. The van der Waals surface area contributed by atoms with Crippen LogP contribution in [0.3, 0.4) is 0 Å². The Morgan fingerprint density at radius 3 is 1.82 bits per heavy atom. The minimum Gasteiger partial charge on any atom is -0.468 e. The van der Waals surface area contributed by atoms with Crippen molar-refractivity contribution in [2.75, 3.05) is 14.2 Å². The van der Waals surface area contributed by atoms with Gasteiger partial charge < -0.3 is 4.74 Å². The predicted molar refractivity (Wildman–Crippen MR) is 99.5 cm³/mol. The zero-order chi connectivity index (χ0) is 20.5. The van der Waals surface area contributed by atoms with E-state index in [1.54, 1.807) is 12.1 Å². The summed E-state index contributed by atoms with van der Waals surface area (Å²) in [6.07, 6.45) is 0. The molecule has 1 aliphatic heterocycles. The number of carbonyl (C=O) groups is 1. The second kappa shape index (κ2) is 7.63. The molecule has 1 aliphatic rings. The van der Waals surface area contributed by atoms with Gasteiger partial charge in [0.05, 0.1) is 16.9 Å². The van der Waals surface area contributed by atoms with Crippen LogP contribution in [0.25, 0.3) is 0 Å². The molecule has 1 saturated heterocycles. The first-order chi connectivity index (χ1) is 13.2. The van der Waals surface area contributed by atoms with E-state index in [1.165, 1.54) is 55.6 Å². The molecule has 3 atom stereocenters. The van der Waals surface area contributed by atoms with Gasteiger partial charge in [-0.3, -0.25) is 9.63 Å². The molecule has 8 nitrogen and oxygen atoms in total. The van der Waals surface area contributed by atoms with Crippen molar-refractivity contribution < 1.29 is 31.2 Å². The number of methoxy groups -OCH3 is 1. The Morgan fingerprint density at radius 2 is 1.36 bits per heavy atom. The summed E-state index contributed by atoms with van der Waals surface area (Å²) >= 11 is 0. The standard InChI is InChI=1S/C18H19NO7S2/c1-19-15(17(20)25-2)16(27(21,22)13-9-5-3-6-10-13)18(26-19)28(23,24)14-11-7-4-8-12-14/h3-12,15-16,18H,1-2H3/t15-,16-,18-/m1/s1. The first-order valence-corrected chi connectivity index (χ1v) is 11.4. The Morgan fingerprint density at radius 1 is 0.893 bits per heavy atom. The molecule has 2 aromatic rings. The number of esters is 1. The van der Waals surface area contributed by atoms with Gasteiger partial charge >= 0.3 is 5.97 Å². The third-order valence-electron chi connectivity index (χ3n) is 4.49. The van der Waals surface area contributed by atoms with Crippen LogP contribution in [0.2, 0.25) is 0 Å². The Kier molecular flexibility index (Phi) is 5.57. The van der Waals surface area contributed by atoms with Gasteiger partial charge in [0.2, 0.25) is 15.3 Å². The SMILES string of the molecule is COC(=O)[C@H]1[C@@H](S(=O)(=O)c2ccccc2)[C@@H](S(=O)(=O)c2ccccc2)ON1C. The summed E-state index contributed by atoms with van der Waals surface area (Å²) in [5.41, 5.74) is -1.81. The molecule has 0 radical (unpaired) electrons. The van der Waals surface area contributed by atoms with E-state index in [-0.39, 0.29) is 9.79 Å². The molecule has 10 heteroatoms. The van der Waals surface area contributed by atoms with Crippen LogP contribution in [0, 0.1) is 0 Å². The van der Waals surface area contributed by atoms with Gasteiger partial charge in [-0.05, 0) is 24.3 Å². The molecular formula is C18H19NO7S2. The van der Waals surface area contributed by atoms with Gasteiger partial charge in [0.25, 0.3) is 0 Å². The van der Waals surface area contributed by atoms with Crippen LogP contribution in [0.5, 0.6) is 0 Å². The number of hydroxylamine groups is 2. The van der Waals surface area contributed by atoms with E-state index >= 15 is 0 Å². The monoisotopic (exact) mass is 425 g/mol. The van der Waals surface area contributed by atoms with E-state index < -0.39 is 42.4 Å². The van der Waals surface area contributed by atoms with Gasteiger partial charge in [-0.2, -0.15) is 5.06 Å². The maximum absolute atomic E-state index is 13.3. The van der Waals surface area contributed by atoms with Crippen LogP contribution in [-0.4, -0.2) is 58.8 Å². The normalized spacial score (nSPS) is 23.4. The fourth-order valence-electron chi connectivity index (χ4n) is 3.11. The predicted octanol–water partition coefficient (Wildman–Crippen LogP) is 1.05. The number of benzene rings is 2. The third-order valence-corrected chi connectivity index (χ3v) is 8.73. The summed E-state index contributed by atoms with van der Waals surface area (Å²) in [6.45, 7) is 0. The number of hydrogen-bond acceptors (Lipinski definition) is 8. The summed E-state index contributed by atoms with van der Waals surface area (Å²) < 4.78 is 57.7. The minimum absolute atomic E-state index is 0.104. The molecule has 1 fully saturated rings. The van der Waals surface area contributed by atoms with Crippen LogP contribution >= 0.6 is 0 Å². The van der Waals surface area contributed by atoms with Crippen molar-refractivity contribution in [2.24, 2.45) is 0 Å². The molecule has 0 aliphatic carbocycles. The number of hydrogen-bond donors (Lipinski definition) is 0. The fraction of sp³-hybridized carbons (Fsp3) is 0.278. The topological polar surface area (TPSA) is 107 Å². The lowest BCUT2D eigenvalue weighted by atomic mass is 10.2. The van der Waals surface area contributed by atoms with Crippen molar-refractivity contribution in [1.29, 1.82) is 0 Å². The molecule has 1 heterocycles. The maximum atomic E-state index is 13.3. The zero-order valence-electron chi connectivity index (χ0n) is 15.1. The highest BCUT2D eigenvalue weighted by Crippen LogP contribution is 2.36. The summed E-state index contributed by atoms with van der Waals surface area (Å²) in [7, 11) is -6.10. The Bertz CT molecular complexity index is 1050. The van der Waals surface area contributed by atoms with Crippen molar-refractivity contribution in [2.45, 2.75) is 26.5 Å². The van der Waals surface area contributed by atoms with Gasteiger partial charge in [-0.25, -0.2) is 16.8 Å². The summed E-state index contributed by atoms with van der Waals surface area (Å²) in [5, 5.41) is -0.778. The van der Waals surface area contributed by atoms with E-state index in [4.69, 9.17) is 9.57 Å². The number of sulfone groups is 2. The average molecular weight is 425 g/mol. The Labute approximate surface area is 163 Å². The van der Waals surface area contributed by atoms with Crippen LogP contribution in [0.1, 0.15) is 0 Å². The lowest BCUT2D eigenvalue weighted by Crippen LogP contribution is -2.47. The molecule has 0 unspecified atom stereocenters. The number of carbonyl (C=O) groups excluding carboxylic acids is 1. The Hall–Kier alpha value is -2.27. The fourth-order valence-corrected chi connectivity index (χ4v) is 7.36. The van der Waals surface area contributed by atoms with Gasteiger partial charge in [0.15, 0.2) is 15.9 Å². The highest BCUT2D eigenvalue weighted by molar-refractivity contribution is 7.96. The van der Waals surface area contributed by atoms with Crippen molar-refractivity contribution in [1.82, 2.24) is 5.06 Å². The summed E-state index contributed by atoms with van der Waals surface area (Å²) in [6, 6.07) is 13.3. The van der Waals surface area contributed by atoms with E-state index in [1.807, 2.05) is 0 Å². The first-order valence-electron chi connectivity index (χ1n) is 8.26. The third kappa shape index (κ3) is 3.44. The smallest absolute Gasteiger partial charge is 0.326 e. The van der Waals surface area contributed by atoms with E-state index in [0.717, 1.165) is 12.2 Å². The number of likely N-dealkylation sites (N-methyl/N-ethyl adjacent to an activating group) is 1. The Balaban J connectivity index is 2.18. The van der Waals surface area contributed by atoms with Crippen molar-refractivity contribution >= 4 is 25.6 Å². The van der Waals surface area contributed by atoms with Crippen molar-refractivity contribution in [3.8, 4) is 0 Å². The average Bonchev–Trinajstić information content (AvgIpc) is 3.07. The van der Waals surface area contributed by atoms with Crippen LogP contribution in [-0.2, 0) is 34.0 Å². The van der Waals surface area contributed by atoms with Crippen LogP contribution in [0.4, 0.5) is 0 Å². The van der Waals surface area contributed by atoms with Crippen LogP contribution in [0.15, 0.2) is 70.5 Å². The molecule has 0 saturated carbocycles. The number of ether oxygens (including phenoxy) is 1. The molecule has 0 aromatic heterocycles. The van der Waals surface area contributed by atoms with Crippen molar-refractivity contribution in [3.05, 3.63) is 60.7 Å². The molecular weight excluding hydrogens is 406 g/mol. The lowest BCUT2D eigenvalue weighted by Gasteiger charge is -2.21. The van der Waals surface area contributed by atoms with Gasteiger partial charge in [-0.1, -0.05) is 36.4 Å². The molecule has 2 aromatic carbocycles.